The Morgan fingerprint density at radius 3 is 2.21 bits per heavy atom. The summed E-state index contributed by atoms with van der Waals surface area (Å²) in [6.45, 7) is 3.85. The summed E-state index contributed by atoms with van der Waals surface area (Å²) in [5, 5.41) is 9.31. The van der Waals surface area contributed by atoms with Crippen LogP contribution in [0.25, 0.3) is 6.08 Å². The van der Waals surface area contributed by atoms with E-state index in [2.05, 4.69) is 30.9 Å². The number of hydrogen-bond acceptors (Lipinski definition) is 6. The van der Waals surface area contributed by atoms with Crippen LogP contribution in [0.4, 0.5) is 28.8 Å². The van der Waals surface area contributed by atoms with Gasteiger partial charge in [-0.15, -0.1) is 0 Å². The quantitative estimate of drug-likeness (QED) is 0.325. The van der Waals surface area contributed by atoms with Crippen molar-refractivity contribution in [1.82, 2.24) is 15.0 Å². The number of carbonyl (C=O) groups excluding carboxylic acids is 1. The number of rotatable bonds is 7. The van der Waals surface area contributed by atoms with Crippen LogP contribution in [-0.2, 0) is 4.79 Å². The molecule has 4 aromatic rings. The van der Waals surface area contributed by atoms with Crippen molar-refractivity contribution >= 4 is 40.8 Å². The highest BCUT2D eigenvalue weighted by Gasteiger charge is 2.05. The lowest BCUT2D eigenvalue weighted by molar-refractivity contribution is -0.111. The zero-order chi connectivity index (χ0) is 23.0. The van der Waals surface area contributed by atoms with Crippen molar-refractivity contribution < 1.29 is 4.79 Å². The van der Waals surface area contributed by atoms with E-state index in [4.69, 9.17) is 0 Å². The second-order valence-corrected chi connectivity index (χ2v) is 7.41. The van der Waals surface area contributed by atoms with E-state index >= 15 is 0 Å². The first-order valence-electron chi connectivity index (χ1n) is 10.5. The molecule has 0 saturated carbocycles. The molecule has 4 rings (SSSR count). The van der Waals surface area contributed by atoms with Gasteiger partial charge in [-0.25, -0.2) is 15.0 Å². The summed E-state index contributed by atoms with van der Waals surface area (Å²) in [5.74, 6) is 2.45. The van der Waals surface area contributed by atoms with Crippen LogP contribution in [0.1, 0.15) is 17.0 Å². The van der Waals surface area contributed by atoms with Crippen LogP contribution in [-0.4, -0.2) is 20.9 Å². The monoisotopic (exact) mass is 436 g/mol. The van der Waals surface area contributed by atoms with Crippen LogP contribution in [0.15, 0.2) is 85.1 Å². The number of hydrogen-bond donors (Lipinski definition) is 3. The summed E-state index contributed by atoms with van der Waals surface area (Å²) in [6, 6.07) is 22.8. The summed E-state index contributed by atoms with van der Waals surface area (Å²) in [6.07, 6.45) is 5.07. The Morgan fingerprint density at radius 1 is 0.788 bits per heavy atom. The van der Waals surface area contributed by atoms with E-state index in [9.17, 15) is 4.79 Å². The fraction of sp³-hybridized carbons (Fsp3) is 0.0769. The zero-order valence-electron chi connectivity index (χ0n) is 18.4. The molecule has 0 atom stereocenters. The number of pyridine rings is 1. The standard InChI is InChI=1S/C26H24N6O/c1-18-7-3-4-8-20(18)10-15-26(33)31-22-13-11-21(12-14-22)30-24-17-25(29-19(2)28-24)32-23-9-5-6-16-27-23/h3-17H,1-2H3,(H,31,33)(H2,27,28,29,30,32)/b15-10+. The second-order valence-electron chi connectivity index (χ2n) is 7.41. The van der Waals surface area contributed by atoms with Crippen LogP contribution < -0.4 is 16.0 Å². The van der Waals surface area contributed by atoms with Crippen LogP contribution in [0.2, 0.25) is 0 Å². The Morgan fingerprint density at radius 2 is 1.48 bits per heavy atom. The third-order valence-corrected chi connectivity index (χ3v) is 4.79. The lowest BCUT2D eigenvalue weighted by atomic mass is 10.1. The molecule has 0 spiro atoms. The van der Waals surface area contributed by atoms with Gasteiger partial charge in [0, 0.05) is 29.7 Å². The summed E-state index contributed by atoms with van der Waals surface area (Å²) < 4.78 is 0. The molecule has 164 valence electrons. The average molecular weight is 437 g/mol. The summed E-state index contributed by atoms with van der Waals surface area (Å²) in [4.78, 5) is 25.4. The van der Waals surface area contributed by atoms with Gasteiger partial charge in [0.2, 0.25) is 5.91 Å². The number of benzene rings is 2. The van der Waals surface area contributed by atoms with E-state index in [1.165, 1.54) is 6.08 Å². The SMILES string of the molecule is Cc1nc(Nc2ccc(NC(=O)/C=C/c3ccccc3C)cc2)cc(Nc2ccccn2)n1. The molecule has 2 aromatic heterocycles. The zero-order valence-corrected chi connectivity index (χ0v) is 18.4. The molecule has 2 aromatic carbocycles. The number of anilines is 5. The van der Waals surface area contributed by atoms with Crippen molar-refractivity contribution in [2.75, 3.05) is 16.0 Å². The third kappa shape index (κ3) is 6.24. The molecule has 2 heterocycles. The number of carbonyl (C=O) groups is 1. The molecular weight excluding hydrogens is 412 g/mol. The molecule has 0 aliphatic carbocycles. The van der Waals surface area contributed by atoms with Gasteiger partial charge in [-0.2, -0.15) is 0 Å². The van der Waals surface area contributed by atoms with Gasteiger partial charge in [0.05, 0.1) is 0 Å². The molecule has 7 nitrogen and oxygen atoms in total. The van der Waals surface area contributed by atoms with Gasteiger partial charge in [-0.1, -0.05) is 30.3 Å². The molecule has 0 saturated heterocycles. The number of aromatic nitrogens is 3. The van der Waals surface area contributed by atoms with E-state index in [1.807, 2.05) is 92.7 Å². The van der Waals surface area contributed by atoms with Gasteiger partial charge in [0.1, 0.15) is 23.3 Å². The van der Waals surface area contributed by atoms with E-state index in [0.717, 1.165) is 16.8 Å². The van der Waals surface area contributed by atoms with Gasteiger partial charge in [-0.05, 0) is 67.4 Å². The van der Waals surface area contributed by atoms with Crippen LogP contribution in [0.5, 0.6) is 0 Å². The normalized spacial score (nSPS) is 10.7. The van der Waals surface area contributed by atoms with Gasteiger partial charge < -0.3 is 16.0 Å². The highest BCUT2D eigenvalue weighted by molar-refractivity contribution is 6.02. The fourth-order valence-electron chi connectivity index (χ4n) is 3.17. The first-order chi connectivity index (χ1) is 16.0. The van der Waals surface area contributed by atoms with Crippen molar-refractivity contribution in [2.45, 2.75) is 13.8 Å². The fourth-order valence-corrected chi connectivity index (χ4v) is 3.17. The maximum Gasteiger partial charge on any atom is 0.248 e. The van der Waals surface area contributed by atoms with Gasteiger partial charge in [-0.3, -0.25) is 4.79 Å². The maximum absolute atomic E-state index is 12.3. The number of aryl methyl sites for hydroxylation is 2. The molecule has 7 heteroatoms. The van der Waals surface area contributed by atoms with Crippen LogP contribution >= 0.6 is 0 Å². The van der Waals surface area contributed by atoms with Crippen molar-refractivity contribution in [3.05, 3.63) is 102 Å². The van der Waals surface area contributed by atoms with Crippen LogP contribution in [0, 0.1) is 13.8 Å². The lowest BCUT2D eigenvalue weighted by Crippen LogP contribution is -2.07. The number of nitrogens with zero attached hydrogens (tertiary/aromatic N) is 3. The molecular formula is C26H24N6O. The first-order valence-corrected chi connectivity index (χ1v) is 10.5. The van der Waals surface area contributed by atoms with E-state index < -0.39 is 0 Å². The van der Waals surface area contributed by atoms with Crippen molar-refractivity contribution in [1.29, 1.82) is 0 Å². The Hall–Kier alpha value is -4.52. The average Bonchev–Trinajstić information content (AvgIpc) is 2.80. The topological polar surface area (TPSA) is 91.8 Å². The molecule has 0 unspecified atom stereocenters. The molecule has 1 amide bonds. The van der Waals surface area contributed by atoms with E-state index in [-0.39, 0.29) is 5.91 Å². The lowest BCUT2D eigenvalue weighted by Gasteiger charge is -2.10. The molecule has 0 bridgehead atoms. The molecule has 0 aliphatic rings. The number of nitrogens with one attached hydrogen (secondary N) is 3. The Bertz CT molecular complexity index is 1270. The van der Waals surface area contributed by atoms with E-state index in [1.54, 1.807) is 6.20 Å². The molecule has 0 radical (unpaired) electrons. The summed E-state index contributed by atoms with van der Waals surface area (Å²) in [7, 11) is 0. The minimum atomic E-state index is -0.185. The minimum absolute atomic E-state index is 0.185. The number of amides is 1. The molecule has 0 fully saturated rings. The van der Waals surface area contributed by atoms with Crippen molar-refractivity contribution in [3.8, 4) is 0 Å². The maximum atomic E-state index is 12.3. The predicted molar refractivity (Wildman–Crippen MR) is 133 cm³/mol. The van der Waals surface area contributed by atoms with Crippen LogP contribution in [0.3, 0.4) is 0 Å². The predicted octanol–water partition coefficient (Wildman–Crippen LogP) is 5.63. The highest BCUT2D eigenvalue weighted by atomic mass is 16.1. The molecule has 0 aliphatic heterocycles. The largest absolute Gasteiger partial charge is 0.340 e. The molecule has 33 heavy (non-hydrogen) atoms. The minimum Gasteiger partial charge on any atom is -0.340 e. The first kappa shape index (κ1) is 21.7. The Balaban J connectivity index is 1.38. The Kier molecular flexibility index (Phi) is 6.70. The summed E-state index contributed by atoms with van der Waals surface area (Å²) >= 11 is 0. The van der Waals surface area contributed by atoms with E-state index in [0.29, 0.717) is 29.0 Å². The second kappa shape index (κ2) is 10.2. The summed E-state index contributed by atoms with van der Waals surface area (Å²) in [5.41, 5.74) is 3.68. The third-order valence-electron chi connectivity index (χ3n) is 4.79. The molecule has 3 N–H and O–H groups in total. The smallest absolute Gasteiger partial charge is 0.248 e. The van der Waals surface area contributed by atoms with Gasteiger partial charge in [0.15, 0.2) is 0 Å². The Labute approximate surface area is 192 Å². The van der Waals surface area contributed by atoms with Gasteiger partial charge >= 0.3 is 0 Å². The van der Waals surface area contributed by atoms with Gasteiger partial charge in [0.25, 0.3) is 0 Å². The van der Waals surface area contributed by atoms with Crippen molar-refractivity contribution in [2.24, 2.45) is 0 Å². The van der Waals surface area contributed by atoms with Crippen molar-refractivity contribution in [3.63, 3.8) is 0 Å². The highest BCUT2D eigenvalue weighted by Crippen LogP contribution is 2.21.